The molecule has 1 aliphatic carbocycles. The summed E-state index contributed by atoms with van der Waals surface area (Å²) in [5.74, 6) is -2.11. The van der Waals surface area contributed by atoms with Crippen molar-refractivity contribution in [2.45, 2.75) is 25.8 Å². The molecule has 108 valence electrons. The fourth-order valence-corrected chi connectivity index (χ4v) is 1.93. The molecule has 20 heavy (non-hydrogen) atoms. The van der Waals surface area contributed by atoms with Crippen molar-refractivity contribution < 1.29 is 23.8 Å². The molecule has 0 spiro atoms. The SMILES string of the molecule is CCOC(=O)CN(C(=O)c1ccc(O)cc1F)C1CC1. The van der Waals surface area contributed by atoms with Crippen molar-refractivity contribution in [3.8, 4) is 5.75 Å². The highest BCUT2D eigenvalue weighted by atomic mass is 19.1. The monoisotopic (exact) mass is 281 g/mol. The highest BCUT2D eigenvalue weighted by Gasteiger charge is 2.35. The summed E-state index contributed by atoms with van der Waals surface area (Å²) in [6.07, 6.45) is 1.59. The number of carbonyl (C=O) groups is 2. The molecule has 0 bridgehead atoms. The maximum Gasteiger partial charge on any atom is 0.325 e. The van der Waals surface area contributed by atoms with Gasteiger partial charge in [-0.25, -0.2) is 4.39 Å². The third kappa shape index (κ3) is 3.26. The average Bonchev–Trinajstić information content (AvgIpc) is 3.20. The molecule has 0 radical (unpaired) electrons. The number of carbonyl (C=O) groups excluding carboxylic acids is 2. The van der Waals surface area contributed by atoms with Crippen LogP contribution in [0.2, 0.25) is 0 Å². The number of halogens is 1. The molecule has 0 atom stereocenters. The van der Waals surface area contributed by atoms with Crippen LogP contribution in [0.25, 0.3) is 0 Å². The minimum absolute atomic E-state index is 0.0416. The van der Waals surface area contributed by atoms with Crippen molar-refractivity contribution in [3.63, 3.8) is 0 Å². The van der Waals surface area contributed by atoms with E-state index in [1.54, 1.807) is 6.92 Å². The van der Waals surface area contributed by atoms with Gasteiger partial charge in [0.05, 0.1) is 12.2 Å². The molecule has 0 unspecified atom stereocenters. The van der Waals surface area contributed by atoms with Crippen LogP contribution in [0.15, 0.2) is 18.2 Å². The highest BCUT2D eigenvalue weighted by Crippen LogP contribution is 2.29. The molecule has 1 N–H and O–H groups in total. The number of phenols is 1. The topological polar surface area (TPSA) is 66.8 Å². The number of amides is 1. The van der Waals surface area contributed by atoms with E-state index < -0.39 is 17.7 Å². The number of hydrogen-bond donors (Lipinski definition) is 1. The Morgan fingerprint density at radius 3 is 2.70 bits per heavy atom. The van der Waals surface area contributed by atoms with E-state index >= 15 is 0 Å². The average molecular weight is 281 g/mol. The van der Waals surface area contributed by atoms with Crippen LogP contribution in [0.3, 0.4) is 0 Å². The van der Waals surface area contributed by atoms with Gasteiger partial charge in [0.1, 0.15) is 18.1 Å². The third-order valence-electron chi connectivity index (χ3n) is 3.04. The molecule has 0 aliphatic heterocycles. The minimum Gasteiger partial charge on any atom is -0.508 e. The van der Waals surface area contributed by atoms with Gasteiger partial charge in [0.2, 0.25) is 0 Å². The third-order valence-corrected chi connectivity index (χ3v) is 3.04. The number of esters is 1. The van der Waals surface area contributed by atoms with E-state index in [4.69, 9.17) is 9.84 Å². The normalized spacial score (nSPS) is 13.9. The first-order chi connectivity index (χ1) is 9.52. The van der Waals surface area contributed by atoms with Crippen molar-refractivity contribution in [2.75, 3.05) is 13.2 Å². The van der Waals surface area contributed by atoms with Gasteiger partial charge in [-0.2, -0.15) is 0 Å². The molecule has 1 fully saturated rings. The van der Waals surface area contributed by atoms with Gasteiger partial charge in [0.15, 0.2) is 0 Å². The molecule has 1 amide bonds. The summed E-state index contributed by atoms with van der Waals surface area (Å²) in [5.41, 5.74) is -0.154. The van der Waals surface area contributed by atoms with Crippen LogP contribution in [-0.4, -0.2) is 41.1 Å². The van der Waals surface area contributed by atoms with Crippen LogP contribution in [0.4, 0.5) is 4.39 Å². The molecule has 5 nitrogen and oxygen atoms in total. The van der Waals surface area contributed by atoms with Crippen LogP contribution in [-0.2, 0) is 9.53 Å². The van der Waals surface area contributed by atoms with Gasteiger partial charge >= 0.3 is 5.97 Å². The summed E-state index contributed by atoms with van der Waals surface area (Å²) in [5, 5.41) is 9.16. The molecule has 1 aliphatic rings. The zero-order valence-electron chi connectivity index (χ0n) is 11.1. The van der Waals surface area contributed by atoms with E-state index in [2.05, 4.69) is 0 Å². The molecule has 1 saturated carbocycles. The number of nitrogens with zero attached hydrogens (tertiary/aromatic N) is 1. The van der Waals surface area contributed by atoms with Crippen LogP contribution in [0.5, 0.6) is 5.75 Å². The molecular formula is C14H16FNO4. The van der Waals surface area contributed by atoms with E-state index in [0.29, 0.717) is 0 Å². The fourth-order valence-electron chi connectivity index (χ4n) is 1.93. The van der Waals surface area contributed by atoms with Crippen molar-refractivity contribution in [2.24, 2.45) is 0 Å². The molecule has 0 saturated heterocycles. The van der Waals surface area contributed by atoms with Gasteiger partial charge in [-0.3, -0.25) is 9.59 Å². The Bertz CT molecular complexity index is 528. The van der Waals surface area contributed by atoms with Gasteiger partial charge in [0.25, 0.3) is 5.91 Å². The maximum absolute atomic E-state index is 13.7. The Morgan fingerprint density at radius 1 is 1.45 bits per heavy atom. The molecule has 6 heteroatoms. The smallest absolute Gasteiger partial charge is 0.325 e. The zero-order valence-corrected chi connectivity index (χ0v) is 11.1. The van der Waals surface area contributed by atoms with Crippen molar-refractivity contribution in [1.29, 1.82) is 0 Å². The second-order valence-electron chi connectivity index (χ2n) is 4.63. The first kappa shape index (κ1) is 14.3. The van der Waals surface area contributed by atoms with E-state index in [1.807, 2.05) is 0 Å². The van der Waals surface area contributed by atoms with Gasteiger partial charge < -0.3 is 14.7 Å². The van der Waals surface area contributed by atoms with Crippen molar-refractivity contribution >= 4 is 11.9 Å². The Hall–Kier alpha value is -2.11. The van der Waals surface area contributed by atoms with Crippen LogP contribution in [0, 0.1) is 5.82 Å². The van der Waals surface area contributed by atoms with Gasteiger partial charge in [-0.05, 0) is 31.9 Å². The number of aromatic hydroxyl groups is 1. The summed E-state index contributed by atoms with van der Waals surface area (Å²) in [6.45, 7) is 1.73. The maximum atomic E-state index is 13.7. The van der Waals surface area contributed by atoms with Crippen molar-refractivity contribution in [3.05, 3.63) is 29.6 Å². The lowest BCUT2D eigenvalue weighted by molar-refractivity contribution is -0.144. The molecule has 1 aromatic carbocycles. The van der Waals surface area contributed by atoms with E-state index in [1.165, 1.54) is 17.0 Å². The zero-order chi connectivity index (χ0) is 14.7. The van der Waals surface area contributed by atoms with Gasteiger partial charge in [0, 0.05) is 12.1 Å². The predicted octanol–water partition coefficient (Wildman–Crippen LogP) is 1.70. The fraction of sp³-hybridized carbons (Fsp3) is 0.429. The van der Waals surface area contributed by atoms with Crippen LogP contribution >= 0.6 is 0 Å². The largest absolute Gasteiger partial charge is 0.508 e. The van der Waals surface area contributed by atoms with Gasteiger partial charge in [-0.1, -0.05) is 0 Å². The minimum atomic E-state index is -0.801. The second-order valence-corrected chi connectivity index (χ2v) is 4.63. The molecule has 0 aromatic heterocycles. The molecular weight excluding hydrogens is 265 g/mol. The summed E-state index contributed by atoms with van der Waals surface area (Å²) < 4.78 is 18.5. The number of hydrogen-bond acceptors (Lipinski definition) is 4. The summed E-state index contributed by atoms with van der Waals surface area (Å²) in [6, 6.07) is 3.29. The molecule has 0 heterocycles. The number of benzene rings is 1. The Morgan fingerprint density at radius 2 is 2.15 bits per heavy atom. The number of phenolic OH excluding ortho intramolecular Hbond substituents is 1. The lowest BCUT2D eigenvalue weighted by Gasteiger charge is -2.21. The van der Waals surface area contributed by atoms with Gasteiger partial charge in [-0.15, -0.1) is 0 Å². The Kier molecular flexibility index (Phi) is 4.22. The second kappa shape index (κ2) is 5.90. The first-order valence-electron chi connectivity index (χ1n) is 6.48. The molecule has 2 rings (SSSR count). The van der Waals surface area contributed by atoms with E-state index in [9.17, 15) is 14.0 Å². The predicted molar refractivity (Wildman–Crippen MR) is 68.8 cm³/mol. The van der Waals surface area contributed by atoms with Crippen LogP contribution < -0.4 is 0 Å². The lowest BCUT2D eigenvalue weighted by atomic mass is 10.1. The highest BCUT2D eigenvalue weighted by molar-refractivity contribution is 5.96. The summed E-state index contributed by atoms with van der Waals surface area (Å²) in [7, 11) is 0. The summed E-state index contributed by atoms with van der Waals surface area (Å²) in [4.78, 5) is 25.1. The summed E-state index contributed by atoms with van der Waals surface area (Å²) >= 11 is 0. The number of ether oxygens (including phenoxy) is 1. The van der Waals surface area contributed by atoms with Crippen molar-refractivity contribution in [1.82, 2.24) is 4.90 Å². The Balaban J connectivity index is 2.16. The van der Waals surface area contributed by atoms with E-state index in [-0.39, 0.29) is 30.5 Å². The Labute approximate surface area is 116 Å². The quantitative estimate of drug-likeness (QED) is 0.834. The first-order valence-corrected chi connectivity index (χ1v) is 6.48. The van der Waals surface area contributed by atoms with E-state index in [0.717, 1.165) is 18.9 Å². The number of rotatable bonds is 5. The van der Waals surface area contributed by atoms with Crippen LogP contribution in [0.1, 0.15) is 30.1 Å². The lowest BCUT2D eigenvalue weighted by Crippen LogP contribution is -2.38. The standard InChI is InChI=1S/C14H16FNO4/c1-2-20-13(18)8-16(9-3-4-9)14(19)11-6-5-10(17)7-12(11)15/h5-7,9,17H,2-4,8H2,1H3. The molecule has 1 aromatic rings.